The fourth-order valence-corrected chi connectivity index (χ4v) is 2.48. The van der Waals surface area contributed by atoms with Gasteiger partial charge >= 0.3 is 0 Å². The minimum atomic E-state index is 0.181. The molecule has 1 saturated carbocycles. The summed E-state index contributed by atoms with van der Waals surface area (Å²) in [6, 6.07) is 5.27. The van der Waals surface area contributed by atoms with Crippen molar-refractivity contribution >= 4 is 23.2 Å². The molecule has 0 amide bonds. The molecule has 2 N–H and O–H groups in total. The van der Waals surface area contributed by atoms with E-state index in [-0.39, 0.29) is 6.10 Å². The molecule has 1 aliphatic rings. The fraction of sp³-hybridized carbons (Fsp3) is 0.500. The quantitative estimate of drug-likeness (QED) is 0.902. The molecule has 2 rings (SSSR count). The van der Waals surface area contributed by atoms with E-state index in [0.29, 0.717) is 28.3 Å². The van der Waals surface area contributed by atoms with Crippen LogP contribution in [0.1, 0.15) is 19.3 Å². The monoisotopic (exact) mass is 259 g/mol. The zero-order valence-electron chi connectivity index (χ0n) is 8.96. The van der Waals surface area contributed by atoms with Crippen molar-refractivity contribution < 1.29 is 4.74 Å². The molecule has 1 aliphatic carbocycles. The second-order valence-electron chi connectivity index (χ2n) is 4.16. The zero-order chi connectivity index (χ0) is 11.5. The lowest BCUT2D eigenvalue weighted by Crippen LogP contribution is -2.27. The standard InChI is InChI=1S/C12H15Cl2NO/c13-9-4-5-10(14)12(6-9)16-11-3-1-2-8(11)7-15/h4-6,8,11H,1-3,7,15H2. The molecule has 0 bridgehead atoms. The predicted octanol–water partition coefficient (Wildman–Crippen LogP) is 3.50. The summed E-state index contributed by atoms with van der Waals surface area (Å²) < 4.78 is 5.89. The normalized spacial score (nSPS) is 24.7. The highest BCUT2D eigenvalue weighted by Gasteiger charge is 2.28. The summed E-state index contributed by atoms with van der Waals surface area (Å²) in [5, 5.41) is 1.24. The summed E-state index contributed by atoms with van der Waals surface area (Å²) in [5.74, 6) is 1.11. The number of halogens is 2. The van der Waals surface area contributed by atoms with Crippen LogP contribution in [0.3, 0.4) is 0 Å². The van der Waals surface area contributed by atoms with Gasteiger partial charge < -0.3 is 10.5 Å². The van der Waals surface area contributed by atoms with Crippen LogP contribution < -0.4 is 10.5 Å². The van der Waals surface area contributed by atoms with Gasteiger partial charge in [0.1, 0.15) is 11.9 Å². The van der Waals surface area contributed by atoms with Crippen molar-refractivity contribution in [3.05, 3.63) is 28.2 Å². The molecule has 1 aromatic carbocycles. The van der Waals surface area contributed by atoms with E-state index < -0.39 is 0 Å². The highest BCUT2D eigenvalue weighted by atomic mass is 35.5. The summed E-state index contributed by atoms with van der Waals surface area (Å²) in [4.78, 5) is 0. The number of hydrogen-bond donors (Lipinski definition) is 1. The first-order chi connectivity index (χ1) is 7.70. The molecular weight excluding hydrogens is 245 g/mol. The Bertz CT molecular complexity index is 370. The van der Waals surface area contributed by atoms with E-state index in [0.717, 1.165) is 12.8 Å². The molecule has 1 aromatic rings. The Kier molecular flexibility index (Phi) is 3.95. The van der Waals surface area contributed by atoms with Crippen LogP contribution >= 0.6 is 23.2 Å². The SMILES string of the molecule is NCC1CCCC1Oc1cc(Cl)ccc1Cl. The molecule has 4 heteroatoms. The van der Waals surface area contributed by atoms with Gasteiger partial charge in [-0.2, -0.15) is 0 Å². The molecule has 0 heterocycles. The summed E-state index contributed by atoms with van der Waals surface area (Å²) in [7, 11) is 0. The summed E-state index contributed by atoms with van der Waals surface area (Å²) >= 11 is 12.0. The second-order valence-corrected chi connectivity index (χ2v) is 5.00. The molecule has 0 aromatic heterocycles. The van der Waals surface area contributed by atoms with E-state index in [1.54, 1.807) is 18.2 Å². The van der Waals surface area contributed by atoms with Gasteiger partial charge in [0.25, 0.3) is 0 Å². The van der Waals surface area contributed by atoms with Crippen molar-refractivity contribution in [2.24, 2.45) is 11.7 Å². The minimum Gasteiger partial charge on any atom is -0.488 e. The fourth-order valence-electron chi connectivity index (χ4n) is 2.16. The lowest BCUT2D eigenvalue weighted by atomic mass is 10.1. The smallest absolute Gasteiger partial charge is 0.139 e. The number of rotatable bonds is 3. The van der Waals surface area contributed by atoms with Crippen molar-refractivity contribution in [3.63, 3.8) is 0 Å². The molecule has 16 heavy (non-hydrogen) atoms. The van der Waals surface area contributed by atoms with E-state index in [9.17, 15) is 0 Å². The molecule has 0 saturated heterocycles. The van der Waals surface area contributed by atoms with Gasteiger partial charge in [0, 0.05) is 17.0 Å². The van der Waals surface area contributed by atoms with E-state index >= 15 is 0 Å². The van der Waals surface area contributed by atoms with Gasteiger partial charge in [-0.1, -0.05) is 23.2 Å². The maximum Gasteiger partial charge on any atom is 0.139 e. The lowest BCUT2D eigenvalue weighted by molar-refractivity contribution is 0.162. The van der Waals surface area contributed by atoms with Gasteiger partial charge in [-0.05, 0) is 37.9 Å². The molecule has 88 valence electrons. The highest BCUT2D eigenvalue weighted by molar-refractivity contribution is 6.34. The van der Waals surface area contributed by atoms with Gasteiger partial charge in [-0.25, -0.2) is 0 Å². The second kappa shape index (κ2) is 5.26. The van der Waals surface area contributed by atoms with Crippen molar-refractivity contribution in [3.8, 4) is 5.75 Å². The molecule has 0 radical (unpaired) electrons. The van der Waals surface area contributed by atoms with Crippen molar-refractivity contribution in [2.45, 2.75) is 25.4 Å². The van der Waals surface area contributed by atoms with Gasteiger partial charge in [0.15, 0.2) is 0 Å². The molecule has 2 unspecified atom stereocenters. The van der Waals surface area contributed by atoms with Crippen molar-refractivity contribution in [2.75, 3.05) is 6.54 Å². The van der Waals surface area contributed by atoms with Crippen molar-refractivity contribution in [1.82, 2.24) is 0 Å². The summed E-state index contributed by atoms with van der Waals surface area (Å²) in [5.41, 5.74) is 5.71. The summed E-state index contributed by atoms with van der Waals surface area (Å²) in [6.45, 7) is 0.669. The summed E-state index contributed by atoms with van der Waals surface area (Å²) in [6.07, 6.45) is 3.54. The average Bonchev–Trinajstić information content (AvgIpc) is 2.71. The van der Waals surface area contributed by atoms with E-state index in [2.05, 4.69) is 0 Å². The maximum absolute atomic E-state index is 6.05. The van der Waals surface area contributed by atoms with Crippen LogP contribution in [-0.4, -0.2) is 12.6 Å². The molecule has 0 spiro atoms. The largest absolute Gasteiger partial charge is 0.488 e. The number of benzene rings is 1. The first-order valence-corrected chi connectivity index (χ1v) is 6.28. The highest BCUT2D eigenvalue weighted by Crippen LogP contribution is 2.33. The van der Waals surface area contributed by atoms with Crippen LogP contribution in [0.25, 0.3) is 0 Å². The van der Waals surface area contributed by atoms with Gasteiger partial charge in [-0.3, -0.25) is 0 Å². The molecule has 2 nitrogen and oxygen atoms in total. The third-order valence-corrected chi connectivity index (χ3v) is 3.61. The Morgan fingerprint density at radius 2 is 2.12 bits per heavy atom. The van der Waals surface area contributed by atoms with Gasteiger partial charge in [0.05, 0.1) is 5.02 Å². The molecule has 0 aliphatic heterocycles. The van der Waals surface area contributed by atoms with E-state index in [1.165, 1.54) is 6.42 Å². The molecular formula is C12H15Cl2NO. The third kappa shape index (κ3) is 2.62. The zero-order valence-corrected chi connectivity index (χ0v) is 10.5. The van der Waals surface area contributed by atoms with Crippen LogP contribution in [0.5, 0.6) is 5.75 Å². The van der Waals surface area contributed by atoms with Crippen LogP contribution in [-0.2, 0) is 0 Å². The first kappa shape index (κ1) is 12.0. The molecule has 1 fully saturated rings. The van der Waals surface area contributed by atoms with Gasteiger partial charge in [0.2, 0.25) is 0 Å². The van der Waals surface area contributed by atoms with E-state index in [1.807, 2.05) is 0 Å². The Morgan fingerprint density at radius 3 is 2.88 bits per heavy atom. The van der Waals surface area contributed by atoms with Crippen LogP contribution in [0.2, 0.25) is 10.0 Å². The maximum atomic E-state index is 6.05. The number of nitrogens with two attached hydrogens (primary N) is 1. The van der Waals surface area contributed by atoms with Crippen LogP contribution in [0.4, 0.5) is 0 Å². The minimum absolute atomic E-state index is 0.181. The Labute approximate surface area is 106 Å². The van der Waals surface area contributed by atoms with Crippen LogP contribution in [0.15, 0.2) is 18.2 Å². The van der Waals surface area contributed by atoms with Crippen LogP contribution in [0, 0.1) is 5.92 Å². The lowest BCUT2D eigenvalue weighted by Gasteiger charge is -2.20. The Hall–Kier alpha value is -0.440. The predicted molar refractivity (Wildman–Crippen MR) is 67.3 cm³/mol. The molecule has 2 atom stereocenters. The van der Waals surface area contributed by atoms with Crippen molar-refractivity contribution in [1.29, 1.82) is 0 Å². The Morgan fingerprint density at radius 1 is 1.31 bits per heavy atom. The average molecular weight is 260 g/mol. The Balaban J connectivity index is 2.11. The first-order valence-electron chi connectivity index (χ1n) is 5.52. The van der Waals surface area contributed by atoms with Gasteiger partial charge in [-0.15, -0.1) is 0 Å². The number of hydrogen-bond acceptors (Lipinski definition) is 2. The topological polar surface area (TPSA) is 35.2 Å². The van der Waals surface area contributed by atoms with E-state index in [4.69, 9.17) is 33.7 Å². The number of ether oxygens (including phenoxy) is 1. The third-order valence-electron chi connectivity index (χ3n) is 3.06.